The van der Waals surface area contributed by atoms with Crippen LogP contribution in [0.15, 0.2) is 54.9 Å². The summed E-state index contributed by atoms with van der Waals surface area (Å²) >= 11 is 1.47. The van der Waals surface area contributed by atoms with E-state index in [2.05, 4.69) is 10.3 Å². The average Bonchev–Trinajstić information content (AvgIpc) is 3.16. The number of nitrogens with one attached hydrogen (secondary N) is 1. The lowest BCUT2D eigenvalue weighted by Gasteiger charge is -2.27. The van der Waals surface area contributed by atoms with Crippen molar-refractivity contribution in [1.29, 1.82) is 0 Å². The summed E-state index contributed by atoms with van der Waals surface area (Å²) in [6.07, 6.45) is 4.12. The molecule has 0 saturated carbocycles. The second kappa shape index (κ2) is 7.90. The highest BCUT2D eigenvalue weighted by Gasteiger charge is 2.25. The standard InChI is InChI=1S/C21H18FN3O2S/c22-17-5-3-15(4-6-17)21(27)25-9-7-18-16(13-25)10-19(28-18)20(26)24-12-14-2-1-8-23-11-14/h1-6,8,10-11H,7,9,12-13H2,(H,24,26). The fourth-order valence-corrected chi connectivity index (χ4v) is 4.24. The van der Waals surface area contributed by atoms with E-state index in [1.807, 2.05) is 18.2 Å². The van der Waals surface area contributed by atoms with Gasteiger partial charge in [0, 0.05) is 42.5 Å². The third-order valence-electron chi connectivity index (χ3n) is 4.64. The highest BCUT2D eigenvalue weighted by atomic mass is 32.1. The van der Waals surface area contributed by atoms with Crippen molar-refractivity contribution in [1.82, 2.24) is 15.2 Å². The predicted molar refractivity (Wildman–Crippen MR) is 105 cm³/mol. The molecule has 2 amide bonds. The molecule has 1 aliphatic heterocycles. The zero-order chi connectivity index (χ0) is 19.5. The van der Waals surface area contributed by atoms with Crippen molar-refractivity contribution in [2.45, 2.75) is 19.5 Å². The van der Waals surface area contributed by atoms with Crippen LogP contribution in [0.1, 0.15) is 36.0 Å². The maximum atomic E-state index is 13.1. The second-order valence-corrected chi connectivity index (χ2v) is 7.72. The number of rotatable bonds is 4. The summed E-state index contributed by atoms with van der Waals surface area (Å²) in [6, 6.07) is 11.2. The van der Waals surface area contributed by atoms with Gasteiger partial charge < -0.3 is 10.2 Å². The molecule has 0 saturated heterocycles. The van der Waals surface area contributed by atoms with Crippen LogP contribution >= 0.6 is 11.3 Å². The molecular weight excluding hydrogens is 377 g/mol. The number of thiophene rings is 1. The third-order valence-corrected chi connectivity index (χ3v) is 5.88. The van der Waals surface area contributed by atoms with Crippen LogP contribution in [0.3, 0.4) is 0 Å². The van der Waals surface area contributed by atoms with Gasteiger partial charge >= 0.3 is 0 Å². The molecule has 0 radical (unpaired) electrons. The molecule has 0 fully saturated rings. The Hall–Kier alpha value is -3.06. The Morgan fingerprint density at radius 3 is 2.79 bits per heavy atom. The second-order valence-electron chi connectivity index (χ2n) is 6.59. The van der Waals surface area contributed by atoms with E-state index < -0.39 is 0 Å². The fraction of sp³-hybridized carbons (Fsp3) is 0.190. The SMILES string of the molecule is O=C(NCc1cccnc1)c1cc2c(s1)CCN(C(=O)c1ccc(F)cc1)C2. The number of hydrogen-bond acceptors (Lipinski definition) is 4. The van der Waals surface area contributed by atoms with Gasteiger partial charge in [0.25, 0.3) is 11.8 Å². The Kier molecular flexibility index (Phi) is 5.16. The molecule has 3 heterocycles. The minimum atomic E-state index is -0.364. The van der Waals surface area contributed by atoms with Crippen molar-refractivity contribution in [3.05, 3.63) is 87.1 Å². The van der Waals surface area contributed by atoms with Gasteiger partial charge in [-0.1, -0.05) is 6.07 Å². The number of aromatic nitrogens is 1. The average molecular weight is 395 g/mol. The van der Waals surface area contributed by atoms with Crippen LogP contribution < -0.4 is 5.32 Å². The Balaban J connectivity index is 1.42. The van der Waals surface area contributed by atoms with E-state index in [0.717, 1.165) is 16.0 Å². The number of halogens is 1. The highest BCUT2D eigenvalue weighted by molar-refractivity contribution is 7.14. The number of pyridine rings is 1. The van der Waals surface area contributed by atoms with Crippen molar-refractivity contribution in [2.24, 2.45) is 0 Å². The van der Waals surface area contributed by atoms with Gasteiger partial charge in [-0.2, -0.15) is 0 Å². The zero-order valence-corrected chi connectivity index (χ0v) is 15.8. The van der Waals surface area contributed by atoms with E-state index in [-0.39, 0.29) is 17.6 Å². The molecule has 0 aliphatic carbocycles. The number of amides is 2. The molecule has 3 aromatic rings. The largest absolute Gasteiger partial charge is 0.347 e. The van der Waals surface area contributed by atoms with Crippen LogP contribution in [-0.4, -0.2) is 28.2 Å². The Morgan fingerprint density at radius 2 is 2.04 bits per heavy atom. The van der Waals surface area contributed by atoms with Crippen molar-refractivity contribution in [3.63, 3.8) is 0 Å². The minimum Gasteiger partial charge on any atom is -0.347 e. The van der Waals surface area contributed by atoms with E-state index >= 15 is 0 Å². The van der Waals surface area contributed by atoms with Gasteiger partial charge in [-0.25, -0.2) is 4.39 Å². The monoisotopic (exact) mass is 395 g/mol. The van der Waals surface area contributed by atoms with Crippen molar-refractivity contribution < 1.29 is 14.0 Å². The molecule has 28 heavy (non-hydrogen) atoms. The van der Waals surface area contributed by atoms with Gasteiger partial charge in [0.05, 0.1) is 4.88 Å². The third kappa shape index (κ3) is 3.94. The number of nitrogens with zero attached hydrogens (tertiary/aromatic N) is 2. The van der Waals surface area contributed by atoms with E-state index in [9.17, 15) is 14.0 Å². The Labute approximate surface area is 165 Å². The fourth-order valence-electron chi connectivity index (χ4n) is 3.17. The topological polar surface area (TPSA) is 62.3 Å². The Morgan fingerprint density at radius 1 is 1.21 bits per heavy atom. The summed E-state index contributed by atoms with van der Waals surface area (Å²) in [5.41, 5.74) is 2.40. The molecule has 0 spiro atoms. The summed E-state index contributed by atoms with van der Waals surface area (Å²) in [6.45, 7) is 1.46. The maximum Gasteiger partial charge on any atom is 0.261 e. The number of carbonyl (C=O) groups is 2. The lowest BCUT2D eigenvalue weighted by Crippen LogP contribution is -2.35. The number of hydrogen-bond donors (Lipinski definition) is 1. The first-order valence-electron chi connectivity index (χ1n) is 8.93. The van der Waals surface area contributed by atoms with Crippen LogP contribution in [-0.2, 0) is 19.5 Å². The molecular formula is C21H18FN3O2S. The lowest BCUT2D eigenvalue weighted by atomic mass is 10.1. The summed E-state index contributed by atoms with van der Waals surface area (Å²) in [5.74, 6) is -0.614. The van der Waals surface area contributed by atoms with Gasteiger partial charge in [-0.3, -0.25) is 14.6 Å². The summed E-state index contributed by atoms with van der Waals surface area (Å²) in [7, 11) is 0. The van der Waals surface area contributed by atoms with Crippen molar-refractivity contribution in [3.8, 4) is 0 Å². The van der Waals surface area contributed by atoms with E-state index in [4.69, 9.17) is 0 Å². The van der Waals surface area contributed by atoms with Crippen LogP contribution in [0.25, 0.3) is 0 Å². The molecule has 4 rings (SSSR count). The zero-order valence-electron chi connectivity index (χ0n) is 15.0. The summed E-state index contributed by atoms with van der Waals surface area (Å²) in [4.78, 5) is 32.7. The van der Waals surface area contributed by atoms with Gasteiger partial charge in [0.2, 0.25) is 0 Å². The molecule has 1 N–H and O–H groups in total. The molecule has 2 aromatic heterocycles. The van der Waals surface area contributed by atoms with Gasteiger partial charge in [0.15, 0.2) is 0 Å². The van der Waals surface area contributed by atoms with Gasteiger partial charge in [-0.15, -0.1) is 11.3 Å². The summed E-state index contributed by atoms with van der Waals surface area (Å²) in [5, 5.41) is 2.90. The summed E-state index contributed by atoms with van der Waals surface area (Å²) < 4.78 is 13.1. The molecule has 1 aliphatic rings. The molecule has 142 valence electrons. The molecule has 0 atom stereocenters. The van der Waals surface area contributed by atoms with Crippen LogP contribution in [0.5, 0.6) is 0 Å². The molecule has 5 nitrogen and oxygen atoms in total. The minimum absolute atomic E-state index is 0.125. The van der Waals surface area contributed by atoms with Gasteiger partial charge in [0.1, 0.15) is 5.82 Å². The first-order chi connectivity index (χ1) is 13.6. The highest BCUT2D eigenvalue weighted by Crippen LogP contribution is 2.29. The normalized spacial score (nSPS) is 13.1. The first-order valence-corrected chi connectivity index (χ1v) is 9.75. The Bertz CT molecular complexity index is 1000. The molecule has 0 bridgehead atoms. The maximum absolute atomic E-state index is 13.1. The quantitative estimate of drug-likeness (QED) is 0.736. The first kappa shape index (κ1) is 18.3. The van der Waals surface area contributed by atoms with E-state index in [1.165, 1.54) is 35.6 Å². The number of benzene rings is 1. The van der Waals surface area contributed by atoms with Crippen LogP contribution in [0.2, 0.25) is 0 Å². The smallest absolute Gasteiger partial charge is 0.261 e. The number of fused-ring (bicyclic) bond motifs is 1. The van der Waals surface area contributed by atoms with E-state index in [0.29, 0.717) is 36.5 Å². The van der Waals surface area contributed by atoms with Crippen LogP contribution in [0.4, 0.5) is 4.39 Å². The predicted octanol–water partition coefficient (Wildman–Crippen LogP) is 3.41. The molecule has 1 aromatic carbocycles. The van der Waals surface area contributed by atoms with E-state index in [1.54, 1.807) is 17.3 Å². The van der Waals surface area contributed by atoms with Crippen molar-refractivity contribution in [2.75, 3.05) is 6.54 Å². The molecule has 7 heteroatoms. The van der Waals surface area contributed by atoms with Crippen molar-refractivity contribution >= 4 is 23.2 Å². The van der Waals surface area contributed by atoms with Crippen LogP contribution in [0, 0.1) is 5.82 Å². The number of carbonyl (C=O) groups excluding carboxylic acids is 2. The van der Waals surface area contributed by atoms with Gasteiger partial charge in [-0.05, 0) is 53.9 Å². The molecule has 0 unspecified atom stereocenters. The lowest BCUT2D eigenvalue weighted by molar-refractivity contribution is 0.0735.